The number of anilines is 1. The van der Waals surface area contributed by atoms with E-state index < -0.39 is 0 Å². The summed E-state index contributed by atoms with van der Waals surface area (Å²) in [5.41, 5.74) is 0.993. The first-order valence-electron chi connectivity index (χ1n) is 6.19. The SMILES string of the molecule is CCc1cc(C(=O)Nc2nccnc2C(C)C)no1. The van der Waals surface area contributed by atoms with Crippen molar-refractivity contribution in [2.75, 3.05) is 5.32 Å². The molecule has 0 aliphatic rings. The smallest absolute Gasteiger partial charge is 0.279 e. The molecule has 1 N–H and O–H groups in total. The van der Waals surface area contributed by atoms with Crippen molar-refractivity contribution in [3.63, 3.8) is 0 Å². The first kappa shape index (κ1) is 13.2. The molecular formula is C13H16N4O2. The molecule has 0 radical (unpaired) electrons. The van der Waals surface area contributed by atoms with Gasteiger partial charge in [0.2, 0.25) is 0 Å². The monoisotopic (exact) mass is 260 g/mol. The minimum atomic E-state index is -0.342. The van der Waals surface area contributed by atoms with Crippen molar-refractivity contribution in [2.24, 2.45) is 0 Å². The van der Waals surface area contributed by atoms with Crippen LogP contribution in [0.1, 0.15) is 48.6 Å². The quantitative estimate of drug-likeness (QED) is 0.912. The first-order chi connectivity index (χ1) is 9.11. The van der Waals surface area contributed by atoms with E-state index in [4.69, 9.17) is 4.52 Å². The highest BCUT2D eigenvalue weighted by Crippen LogP contribution is 2.19. The fourth-order valence-electron chi connectivity index (χ4n) is 1.63. The third-order valence-corrected chi connectivity index (χ3v) is 2.65. The molecule has 100 valence electrons. The highest BCUT2D eigenvalue weighted by atomic mass is 16.5. The average molecular weight is 260 g/mol. The summed E-state index contributed by atoms with van der Waals surface area (Å²) >= 11 is 0. The number of aryl methyl sites for hydroxylation is 1. The predicted molar refractivity (Wildman–Crippen MR) is 70.0 cm³/mol. The van der Waals surface area contributed by atoms with Crippen LogP contribution >= 0.6 is 0 Å². The molecule has 0 fully saturated rings. The first-order valence-corrected chi connectivity index (χ1v) is 6.19. The fourth-order valence-corrected chi connectivity index (χ4v) is 1.63. The molecule has 6 nitrogen and oxygen atoms in total. The summed E-state index contributed by atoms with van der Waals surface area (Å²) < 4.78 is 5.00. The van der Waals surface area contributed by atoms with Gasteiger partial charge in [-0.1, -0.05) is 25.9 Å². The van der Waals surface area contributed by atoms with Crippen LogP contribution in [0.15, 0.2) is 23.0 Å². The third-order valence-electron chi connectivity index (χ3n) is 2.65. The molecule has 2 aromatic heterocycles. The van der Waals surface area contributed by atoms with Gasteiger partial charge in [0.15, 0.2) is 11.5 Å². The number of nitrogens with one attached hydrogen (secondary N) is 1. The van der Waals surface area contributed by atoms with Gasteiger partial charge in [0.1, 0.15) is 5.76 Å². The van der Waals surface area contributed by atoms with E-state index >= 15 is 0 Å². The minimum absolute atomic E-state index is 0.174. The maximum absolute atomic E-state index is 12.0. The van der Waals surface area contributed by atoms with Crippen molar-refractivity contribution in [3.8, 4) is 0 Å². The normalized spacial score (nSPS) is 10.7. The van der Waals surface area contributed by atoms with Crippen LogP contribution in [-0.4, -0.2) is 21.0 Å². The topological polar surface area (TPSA) is 80.9 Å². The largest absolute Gasteiger partial charge is 0.361 e. The molecule has 19 heavy (non-hydrogen) atoms. The molecule has 2 aromatic rings. The Morgan fingerprint density at radius 1 is 1.37 bits per heavy atom. The number of carbonyl (C=O) groups is 1. The second-order valence-electron chi connectivity index (χ2n) is 4.43. The van der Waals surface area contributed by atoms with Crippen molar-refractivity contribution >= 4 is 11.7 Å². The summed E-state index contributed by atoms with van der Waals surface area (Å²) in [5, 5.41) is 6.43. The van der Waals surface area contributed by atoms with Crippen LogP contribution in [0.4, 0.5) is 5.82 Å². The molecule has 0 aromatic carbocycles. The summed E-state index contributed by atoms with van der Waals surface area (Å²) in [6, 6.07) is 1.63. The third kappa shape index (κ3) is 2.96. The summed E-state index contributed by atoms with van der Waals surface area (Å²) in [4.78, 5) is 20.4. The molecule has 0 aliphatic heterocycles. The average Bonchev–Trinajstić information content (AvgIpc) is 2.88. The van der Waals surface area contributed by atoms with Crippen LogP contribution in [-0.2, 0) is 6.42 Å². The number of amides is 1. The van der Waals surface area contributed by atoms with Gasteiger partial charge in [-0.3, -0.25) is 9.78 Å². The number of rotatable bonds is 4. The Kier molecular flexibility index (Phi) is 3.89. The Morgan fingerprint density at radius 3 is 2.74 bits per heavy atom. The molecule has 0 atom stereocenters. The van der Waals surface area contributed by atoms with Gasteiger partial charge < -0.3 is 9.84 Å². The van der Waals surface area contributed by atoms with E-state index in [1.807, 2.05) is 20.8 Å². The fraction of sp³-hybridized carbons (Fsp3) is 0.385. The lowest BCUT2D eigenvalue weighted by Gasteiger charge is -2.09. The van der Waals surface area contributed by atoms with Crippen LogP contribution in [0.25, 0.3) is 0 Å². The minimum Gasteiger partial charge on any atom is -0.361 e. The van der Waals surface area contributed by atoms with E-state index in [9.17, 15) is 4.79 Å². The zero-order chi connectivity index (χ0) is 13.8. The lowest BCUT2D eigenvalue weighted by Crippen LogP contribution is -2.16. The number of carbonyl (C=O) groups excluding carboxylic acids is 1. The maximum atomic E-state index is 12.0. The Hall–Kier alpha value is -2.24. The van der Waals surface area contributed by atoms with Crippen LogP contribution in [0.5, 0.6) is 0 Å². The van der Waals surface area contributed by atoms with Gasteiger partial charge in [-0.25, -0.2) is 4.98 Å². The number of nitrogens with zero attached hydrogens (tertiary/aromatic N) is 3. The van der Waals surface area contributed by atoms with Gasteiger partial charge in [-0.15, -0.1) is 0 Å². The molecule has 2 heterocycles. The van der Waals surface area contributed by atoms with E-state index in [1.54, 1.807) is 18.5 Å². The lowest BCUT2D eigenvalue weighted by atomic mass is 10.1. The molecule has 0 saturated carbocycles. The summed E-state index contributed by atoms with van der Waals surface area (Å²) in [6.45, 7) is 5.91. The molecule has 0 aliphatic carbocycles. The zero-order valence-electron chi connectivity index (χ0n) is 11.2. The van der Waals surface area contributed by atoms with Gasteiger partial charge in [0.05, 0.1) is 5.69 Å². The van der Waals surface area contributed by atoms with Gasteiger partial charge in [0.25, 0.3) is 5.91 Å². The highest BCUT2D eigenvalue weighted by Gasteiger charge is 2.16. The highest BCUT2D eigenvalue weighted by molar-refractivity contribution is 6.02. The molecule has 0 spiro atoms. The second-order valence-corrected chi connectivity index (χ2v) is 4.43. The van der Waals surface area contributed by atoms with Crippen molar-refractivity contribution < 1.29 is 9.32 Å². The second kappa shape index (κ2) is 5.60. The molecule has 0 unspecified atom stereocenters. The Morgan fingerprint density at radius 2 is 2.11 bits per heavy atom. The molecular weight excluding hydrogens is 244 g/mol. The van der Waals surface area contributed by atoms with E-state index in [1.165, 1.54) is 0 Å². The summed E-state index contributed by atoms with van der Waals surface area (Å²) in [6.07, 6.45) is 3.85. The zero-order valence-corrected chi connectivity index (χ0v) is 11.2. The lowest BCUT2D eigenvalue weighted by molar-refractivity contribution is 0.101. The standard InChI is InChI=1S/C13H16N4O2/c1-4-9-7-10(17-19-9)13(18)16-12-11(8(2)3)14-5-6-15-12/h5-8H,4H2,1-3H3,(H,15,16,18). The van der Waals surface area contributed by atoms with E-state index in [0.29, 0.717) is 18.0 Å². The van der Waals surface area contributed by atoms with Crippen molar-refractivity contribution in [3.05, 3.63) is 35.6 Å². The van der Waals surface area contributed by atoms with Gasteiger partial charge in [0, 0.05) is 24.9 Å². The summed E-state index contributed by atoms with van der Waals surface area (Å²) in [5.74, 6) is 0.968. The van der Waals surface area contributed by atoms with E-state index in [0.717, 1.165) is 5.69 Å². The van der Waals surface area contributed by atoms with Crippen LogP contribution in [0.3, 0.4) is 0 Å². The molecule has 1 amide bonds. The van der Waals surface area contributed by atoms with Crippen molar-refractivity contribution in [1.29, 1.82) is 0 Å². The van der Waals surface area contributed by atoms with Crippen LogP contribution in [0.2, 0.25) is 0 Å². The Labute approximate surface area is 111 Å². The number of hydrogen-bond donors (Lipinski definition) is 1. The van der Waals surface area contributed by atoms with Crippen molar-refractivity contribution in [2.45, 2.75) is 33.1 Å². The predicted octanol–water partition coefficient (Wildman–Crippen LogP) is 2.40. The van der Waals surface area contributed by atoms with E-state index in [-0.39, 0.29) is 17.5 Å². The molecule has 2 rings (SSSR count). The summed E-state index contributed by atoms with van der Waals surface area (Å²) in [7, 11) is 0. The maximum Gasteiger partial charge on any atom is 0.279 e. The van der Waals surface area contributed by atoms with Gasteiger partial charge >= 0.3 is 0 Å². The van der Waals surface area contributed by atoms with Crippen molar-refractivity contribution in [1.82, 2.24) is 15.1 Å². The van der Waals surface area contributed by atoms with E-state index in [2.05, 4.69) is 20.4 Å². The molecule has 0 saturated heterocycles. The van der Waals surface area contributed by atoms with Crippen LogP contribution in [0, 0.1) is 0 Å². The molecule has 0 bridgehead atoms. The number of hydrogen-bond acceptors (Lipinski definition) is 5. The Bertz CT molecular complexity index is 578. The van der Waals surface area contributed by atoms with Gasteiger partial charge in [-0.05, 0) is 5.92 Å². The van der Waals surface area contributed by atoms with Gasteiger partial charge in [-0.2, -0.15) is 0 Å². The molecule has 6 heteroatoms. The Balaban J connectivity index is 2.19. The van der Waals surface area contributed by atoms with Crippen LogP contribution < -0.4 is 5.32 Å². The number of aromatic nitrogens is 3.